The molecular formula is C12H16F4N2. The quantitative estimate of drug-likeness (QED) is 0.828. The standard InChI is InChI=1S/C12H16F4N2/c1-2-6-18(8-12(14,15)16)11-9(7-17)4-3-5-10(11)13/h3-5H,2,6-8,17H2,1H3. The van der Waals surface area contributed by atoms with Crippen molar-refractivity contribution in [3.8, 4) is 0 Å². The summed E-state index contributed by atoms with van der Waals surface area (Å²) in [4.78, 5) is 0.998. The summed E-state index contributed by atoms with van der Waals surface area (Å²) in [6, 6.07) is 4.13. The summed E-state index contributed by atoms with van der Waals surface area (Å²) in [5, 5.41) is 0. The number of hydrogen-bond acceptors (Lipinski definition) is 2. The van der Waals surface area contributed by atoms with Crippen LogP contribution >= 0.6 is 0 Å². The Hall–Kier alpha value is -1.30. The van der Waals surface area contributed by atoms with Crippen LogP contribution in [0.4, 0.5) is 23.2 Å². The zero-order valence-electron chi connectivity index (χ0n) is 10.1. The highest BCUT2D eigenvalue weighted by molar-refractivity contribution is 5.55. The van der Waals surface area contributed by atoms with E-state index in [0.29, 0.717) is 12.0 Å². The van der Waals surface area contributed by atoms with E-state index in [9.17, 15) is 17.6 Å². The van der Waals surface area contributed by atoms with E-state index in [1.807, 2.05) is 0 Å². The van der Waals surface area contributed by atoms with Crippen LogP contribution in [-0.2, 0) is 6.54 Å². The maximum absolute atomic E-state index is 13.7. The molecule has 0 unspecified atom stereocenters. The molecule has 0 amide bonds. The fraction of sp³-hybridized carbons (Fsp3) is 0.500. The molecule has 0 radical (unpaired) electrons. The van der Waals surface area contributed by atoms with Gasteiger partial charge in [0, 0.05) is 13.1 Å². The van der Waals surface area contributed by atoms with Gasteiger partial charge in [-0.2, -0.15) is 13.2 Å². The van der Waals surface area contributed by atoms with E-state index in [1.165, 1.54) is 12.1 Å². The molecule has 0 aliphatic rings. The van der Waals surface area contributed by atoms with Crippen molar-refractivity contribution in [2.75, 3.05) is 18.0 Å². The highest BCUT2D eigenvalue weighted by Crippen LogP contribution is 2.28. The first-order valence-electron chi connectivity index (χ1n) is 5.68. The number of para-hydroxylation sites is 1. The van der Waals surface area contributed by atoms with Crippen molar-refractivity contribution in [2.45, 2.75) is 26.1 Å². The Morgan fingerprint density at radius 3 is 2.44 bits per heavy atom. The Balaban J connectivity index is 3.12. The lowest BCUT2D eigenvalue weighted by Crippen LogP contribution is -2.36. The number of halogens is 4. The fourth-order valence-electron chi connectivity index (χ4n) is 1.84. The number of alkyl halides is 3. The third-order valence-corrected chi connectivity index (χ3v) is 2.47. The van der Waals surface area contributed by atoms with Gasteiger partial charge in [-0.15, -0.1) is 0 Å². The van der Waals surface area contributed by atoms with Crippen LogP contribution < -0.4 is 10.6 Å². The highest BCUT2D eigenvalue weighted by atomic mass is 19.4. The van der Waals surface area contributed by atoms with Crippen molar-refractivity contribution in [2.24, 2.45) is 5.73 Å². The molecule has 1 aromatic carbocycles. The molecular weight excluding hydrogens is 248 g/mol. The third-order valence-electron chi connectivity index (χ3n) is 2.47. The Labute approximate surface area is 103 Å². The van der Waals surface area contributed by atoms with Gasteiger partial charge < -0.3 is 10.6 Å². The number of anilines is 1. The molecule has 0 aromatic heterocycles. The van der Waals surface area contributed by atoms with Crippen LogP contribution in [0.25, 0.3) is 0 Å². The molecule has 0 atom stereocenters. The number of nitrogens with two attached hydrogens (primary N) is 1. The van der Waals surface area contributed by atoms with Crippen molar-refractivity contribution in [3.63, 3.8) is 0 Å². The van der Waals surface area contributed by atoms with E-state index < -0.39 is 18.5 Å². The Kier molecular flexibility index (Phi) is 4.95. The predicted molar refractivity (Wildman–Crippen MR) is 62.9 cm³/mol. The first kappa shape index (κ1) is 14.8. The third kappa shape index (κ3) is 3.87. The molecule has 0 aliphatic heterocycles. The van der Waals surface area contributed by atoms with Gasteiger partial charge in [0.2, 0.25) is 0 Å². The molecule has 1 aromatic rings. The van der Waals surface area contributed by atoms with Gasteiger partial charge >= 0.3 is 6.18 Å². The largest absolute Gasteiger partial charge is 0.405 e. The smallest absolute Gasteiger partial charge is 0.360 e. The number of nitrogens with zero attached hydrogens (tertiary/aromatic N) is 1. The SMILES string of the molecule is CCCN(CC(F)(F)F)c1c(F)cccc1CN. The first-order chi connectivity index (χ1) is 8.39. The second-order valence-electron chi connectivity index (χ2n) is 3.99. The second kappa shape index (κ2) is 6.04. The van der Waals surface area contributed by atoms with E-state index in [4.69, 9.17) is 5.73 Å². The van der Waals surface area contributed by atoms with Crippen LogP contribution in [-0.4, -0.2) is 19.3 Å². The van der Waals surface area contributed by atoms with Crippen molar-refractivity contribution < 1.29 is 17.6 Å². The van der Waals surface area contributed by atoms with Crippen molar-refractivity contribution in [1.29, 1.82) is 0 Å². The molecule has 102 valence electrons. The topological polar surface area (TPSA) is 29.3 Å². The molecule has 1 rings (SSSR count). The summed E-state index contributed by atoms with van der Waals surface area (Å²) in [5.41, 5.74) is 5.78. The van der Waals surface area contributed by atoms with E-state index in [2.05, 4.69) is 0 Å². The van der Waals surface area contributed by atoms with E-state index in [0.717, 1.165) is 11.0 Å². The monoisotopic (exact) mass is 264 g/mol. The van der Waals surface area contributed by atoms with Gasteiger partial charge in [0.15, 0.2) is 0 Å². The van der Waals surface area contributed by atoms with Crippen LogP contribution in [0.5, 0.6) is 0 Å². The molecule has 2 nitrogen and oxygen atoms in total. The molecule has 6 heteroatoms. The molecule has 18 heavy (non-hydrogen) atoms. The average molecular weight is 264 g/mol. The lowest BCUT2D eigenvalue weighted by atomic mass is 10.1. The zero-order valence-corrected chi connectivity index (χ0v) is 10.1. The van der Waals surface area contributed by atoms with Crippen LogP contribution in [0, 0.1) is 5.82 Å². The van der Waals surface area contributed by atoms with Gasteiger partial charge in [0.25, 0.3) is 0 Å². The summed E-state index contributed by atoms with van der Waals surface area (Å²) in [6.45, 7) is 0.708. The van der Waals surface area contributed by atoms with E-state index in [-0.39, 0.29) is 18.8 Å². The number of hydrogen-bond donors (Lipinski definition) is 1. The van der Waals surface area contributed by atoms with Gasteiger partial charge in [-0.3, -0.25) is 0 Å². The second-order valence-corrected chi connectivity index (χ2v) is 3.99. The molecule has 2 N–H and O–H groups in total. The van der Waals surface area contributed by atoms with Gasteiger partial charge in [-0.1, -0.05) is 19.1 Å². The van der Waals surface area contributed by atoms with Gasteiger partial charge in [0.05, 0.1) is 5.69 Å². The zero-order chi connectivity index (χ0) is 13.8. The highest BCUT2D eigenvalue weighted by Gasteiger charge is 2.32. The minimum Gasteiger partial charge on any atom is -0.360 e. The van der Waals surface area contributed by atoms with E-state index >= 15 is 0 Å². The number of rotatable bonds is 5. The lowest BCUT2D eigenvalue weighted by molar-refractivity contribution is -0.119. The van der Waals surface area contributed by atoms with Crippen LogP contribution in [0.15, 0.2) is 18.2 Å². The van der Waals surface area contributed by atoms with Crippen LogP contribution in [0.1, 0.15) is 18.9 Å². The maximum atomic E-state index is 13.7. The van der Waals surface area contributed by atoms with Gasteiger partial charge in [0.1, 0.15) is 12.4 Å². The lowest BCUT2D eigenvalue weighted by Gasteiger charge is -2.27. The predicted octanol–water partition coefficient (Wildman–Crippen LogP) is 3.06. The molecule has 0 fully saturated rings. The van der Waals surface area contributed by atoms with Gasteiger partial charge in [-0.25, -0.2) is 4.39 Å². The molecule has 0 saturated carbocycles. The molecule has 0 heterocycles. The summed E-state index contributed by atoms with van der Waals surface area (Å²) >= 11 is 0. The molecule has 0 spiro atoms. The van der Waals surface area contributed by atoms with Crippen molar-refractivity contribution in [3.05, 3.63) is 29.6 Å². The summed E-state index contributed by atoms with van der Waals surface area (Å²) in [5.74, 6) is -0.671. The maximum Gasteiger partial charge on any atom is 0.405 e. The van der Waals surface area contributed by atoms with Crippen LogP contribution in [0.2, 0.25) is 0 Å². The summed E-state index contributed by atoms with van der Waals surface area (Å²) < 4.78 is 51.2. The Morgan fingerprint density at radius 2 is 1.94 bits per heavy atom. The van der Waals surface area contributed by atoms with Crippen molar-refractivity contribution in [1.82, 2.24) is 0 Å². The van der Waals surface area contributed by atoms with Gasteiger partial charge in [-0.05, 0) is 18.1 Å². The van der Waals surface area contributed by atoms with Crippen molar-refractivity contribution >= 4 is 5.69 Å². The summed E-state index contributed by atoms with van der Waals surface area (Å²) in [7, 11) is 0. The fourth-order valence-corrected chi connectivity index (χ4v) is 1.84. The van der Waals surface area contributed by atoms with E-state index in [1.54, 1.807) is 6.92 Å². The molecule has 0 saturated heterocycles. The Morgan fingerprint density at radius 1 is 1.28 bits per heavy atom. The van der Waals surface area contributed by atoms with Crippen LogP contribution in [0.3, 0.4) is 0 Å². The molecule has 0 aliphatic carbocycles. The minimum absolute atomic E-state index is 0.00512. The first-order valence-corrected chi connectivity index (χ1v) is 5.68. The number of benzene rings is 1. The summed E-state index contributed by atoms with van der Waals surface area (Å²) in [6.07, 6.45) is -3.88. The average Bonchev–Trinajstić information content (AvgIpc) is 2.26. The minimum atomic E-state index is -4.37. The normalized spacial score (nSPS) is 11.7. The molecule has 0 bridgehead atoms. The Bertz CT molecular complexity index is 390.